The predicted octanol–water partition coefficient (Wildman–Crippen LogP) is 6.02. The van der Waals surface area contributed by atoms with E-state index in [1.54, 1.807) is 0 Å². The van der Waals surface area contributed by atoms with Gasteiger partial charge in [0.25, 0.3) is 0 Å². The van der Waals surface area contributed by atoms with Crippen LogP contribution in [0, 0.1) is 5.92 Å². The van der Waals surface area contributed by atoms with Gasteiger partial charge in [-0.05, 0) is 54.9 Å². The van der Waals surface area contributed by atoms with Crippen LogP contribution in [0.25, 0.3) is 16.5 Å². The Kier molecular flexibility index (Phi) is 4.96. The number of fused-ring (bicyclic) bond motifs is 6. The lowest BCUT2D eigenvalue weighted by molar-refractivity contribution is -0.137. The molecule has 0 spiro atoms. The number of carbonyl (C=O) groups excluding carboxylic acids is 1. The molecular formula is C28H26N2O3S. The predicted molar refractivity (Wildman–Crippen MR) is 137 cm³/mol. The summed E-state index contributed by atoms with van der Waals surface area (Å²) in [5.41, 5.74) is 2.65. The minimum Gasteiger partial charge on any atom is -0.493 e. The van der Waals surface area contributed by atoms with Crippen molar-refractivity contribution in [1.82, 2.24) is 4.90 Å². The number of nitrogens with zero attached hydrogens (tertiary/aromatic N) is 2. The molecular weight excluding hydrogens is 444 g/mol. The first-order valence-corrected chi connectivity index (χ1v) is 12.5. The maximum atomic E-state index is 13.1. The highest BCUT2D eigenvalue weighted by molar-refractivity contribution is 8.18. The summed E-state index contributed by atoms with van der Waals surface area (Å²) in [4.78, 5) is 21.2. The van der Waals surface area contributed by atoms with E-state index >= 15 is 0 Å². The standard InChI is InChI=1S/C28H26N2O3S/c1-4-32-26(31)25-24(18-11-6-5-7-12-18)30-27(34-25)29-23-20(28(30,2)3)16-33-21-15-14-17-10-8-9-13-19(17)22(21)23/h5-15,20,23H,4,16H2,1-3H3/t20-,23-/m0/s1. The molecule has 0 amide bonds. The highest BCUT2D eigenvalue weighted by atomic mass is 32.2. The average molecular weight is 471 g/mol. The van der Waals surface area contributed by atoms with Gasteiger partial charge in [-0.3, -0.25) is 4.99 Å². The smallest absolute Gasteiger partial charge is 0.347 e. The molecule has 6 heteroatoms. The van der Waals surface area contributed by atoms with Gasteiger partial charge in [-0.1, -0.05) is 60.7 Å². The number of esters is 1. The van der Waals surface area contributed by atoms with Crippen LogP contribution in [0.4, 0.5) is 0 Å². The number of hydrogen-bond acceptors (Lipinski definition) is 6. The van der Waals surface area contributed by atoms with Crippen molar-refractivity contribution in [3.8, 4) is 5.75 Å². The number of rotatable bonds is 3. The van der Waals surface area contributed by atoms with Crippen molar-refractivity contribution < 1.29 is 14.3 Å². The quantitative estimate of drug-likeness (QED) is 0.438. The fourth-order valence-corrected chi connectivity index (χ4v) is 6.62. The van der Waals surface area contributed by atoms with Crippen molar-refractivity contribution in [2.45, 2.75) is 32.4 Å². The zero-order chi connectivity index (χ0) is 23.4. The lowest BCUT2D eigenvalue weighted by Gasteiger charge is -2.51. The van der Waals surface area contributed by atoms with Crippen LogP contribution in [0.2, 0.25) is 0 Å². The van der Waals surface area contributed by atoms with Gasteiger partial charge in [0.2, 0.25) is 0 Å². The van der Waals surface area contributed by atoms with Gasteiger partial charge in [-0.25, -0.2) is 4.79 Å². The number of carbonyl (C=O) groups is 1. The lowest BCUT2D eigenvalue weighted by atomic mass is 9.74. The average Bonchev–Trinajstić information content (AvgIpc) is 3.25. The zero-order valence-corrected chi connectivity index (χ0v) is 20.3. The molecule has 3 aliphatic rings. The molecule has 172 valence electrons. The van der Waals surface area contributed by atoms with E-state index in [-0.39, 0.29) is 23.5 Å². The highest BCUT2D eigenvalue weighted by Crippen LogP contribution is 2.56. The Morgan fingerprint density at radius 3 is 2.68 bits per heavy atom. The Bertz CT molecular complexity index is 1360. The van der Waals surface area contributed by atoms with Gasteiger partial charge in [-0.15, -0.1) is 0 Å². The molecule has 3 aliphatic heterocycles. The van der Waals surface area contributed by atoms with Crippen LogP contribution in [-0.2, 0) is 9.53 Å². The van der Waals surface area contributed by atoms with E-state index < -0.39 is 0 Å². The van der Waals surface area contributed by atoms with Gasteiger partial charge in [0, 0.05) is 17.0 Å². The monoisotopic (exact) mass is 470 g/mol. The fourth-order valence-electron chi connectivity index (χ4n) is 5.40. The highest BCUT2D eigenvalue weighted by Gasteiger charge is 2.54. The normalized spacial score (nSPS) is 22.4. The minimum absolute atomic E-state index is 0.0535. The van der Waals surface area contributed by atoms with E-state index in [4.69, 9.17) is 14.5 Å². The third-order valence-electron chi connectivity index (χ3n) is 7.09. The molecule has 0 unspecified atom stereocenters. The molecule has 0 saturated heterocycles. The zero-order valence-electron chi connectivity index (χ0n) is 19.4. The van der Waals surface area contributed by atoms with E-state index in [9.17, 15) is 4.79 Å². The van der Waals surface area contributed by atoms with Crippen LogP contribution in [0.1, 0.15) is 37.9 Å². The van der Waals surface area contributed by atoms with Gasteiger partial charge in [0.15, 0.2) is 5.17 Å². The topological polar surface area (TPSA) is 51.1 Å². The first-order chi connectivity index (χ1) is 16.5. The van der Waals surface area contributed by atoms with Crippen molar-refractivity contribution in [3.05, 3.63) is 82.8 Å². The largest absolute Gasteiger partial charge is 0.493 e. The SMILES string of the molecule is CCOC(=O)C1=C(c2ccccc2)N2C(=N[C@@H]3c4c(ccc5ccccc45)OC[C@@H]3C2(C)C)S1. The van der Waals surface area contributed by atoms with Crippen molar-refractivity contribution in [2.24, 2.45) is 10.9 Å². The summed E-state index contributed by atoms with van der Waals surface area (Å²) in [6.07, 6.45) is 0. The molecule has 3 aromatic carbocycles. The second-order valence-electron chi connectivity index (χ2n) is 9.33. The Labute approximate surface area is 203 Å². The van der Waals surface area contributed by atoms with Crippen LogP contribution in [-0.4, -0.2) is 34.8 Å². The number of thioether (sulfide) groups is 1. The van der Waals surface area contributed by atoms with Crippen molar-refractivity contribution in [1.29, 1.82) is 0 Å². The summed E-state index contributed by atoms with van der Waals surface area (Å²) >= 11 is 1.42. The van der Waals surface area contributed by atoms with E-state index in [1.807, 2.05) is 37.3 Å². The van der Waals surface area contributed by atoms with E-state index in [1.165, 1.54) is 22.5 Å². The Morgan fingerprint density at radius 2 is 1.88 bits per heavy atom. The number of ether oxygens (including phenoxy) is 2. The van der Waals surface area contributed by atoms with Crippen LogP contribution >= 0.6 is 11.8 Å². The van der Waals surface area contributed by atoms with Gasteiger partial charge < -0.3 is 14.4 Å². The summed E-state index contributed by atoms with van der Waals surface area (Å²) in [5, 5.41) is 3.20. The minimum atomic E-state index is -0.344. The maximum Gasteiger partial charge on any atom is 0.347 e. The van der Waals surface area contributed by atoms with E-state index in [2.05, 4.69) is 55.1 Å². The molecule has 2 atom stereocenters. The molecule has 0 fully saturated rings. The van der Waals surface area contributed by atoms with E-state index in [0.29, 0.717) is 18.1 Å². The van der Waals surface area contributed by atoms with Crippen molar-refractivity contribution in [2.75, 3.05) is 13.2 Å². The van der Waals surface area contributed by atoms with E-state index in [0.717, 1.165) is 27.7 Å². The van der Waals surface area contributed by atoms with Gasteiger partial charge in [0.05, 0.1) is 25.0 Å². The second kappa shape index (κ2) is 7.91. The number of amidine groups is 1. The number of aliphatic imine (C=N–C) groups is 1. The summed E-state index contributed by atoms with van der Waals surface area (Å²) in [6.45, 7) is 7.20. The Balaban J connectivity index is 1.55. The molecule has 0 radical (unpaired) electrons. The van der Waals surface area contributed by atoms with Crippen LogP contribution < -0.4 is 4.74 Å². The number of hydrogen-bond donors (Lipinski definition) is 0. The molecule has 6 rings (SSSR count). The Hall–Kier alpha value is -3.25. The van der Waals surface area contributed by atoms with Crippen molar-refractivity contribution >= 4 is 39.4 Å². The van der Waals surface area contributed by atoms with Gasteiger partial charge >= 0.3 is 5.97 Å². The summed E-state index contributed by atoms with van der Waals surface area (Å²) in [6, 6.07) is 22.6. The molecule has 5 nitrogen and oxygen atoms in total. The summed E-state index contributed by atoms with van der Waals surface area (Å²) in [7, 11) is 0. The summed E-state index contributed by atoms with van der Waals surface area (Å²) < 4.78 is 11.8. The molecule has 0 saturated carbocycles. The molecule has 3 heterocycles. The second-order valence-corrected chi connectivity index (χ2v) is 10.3. The lowest BCUT2D eigenvalue weighted by Crippen LogP contribution is -2.56. The van der Waals surface area contributed by atoms with Crippen molar-refractivity contribution in [3.63, 3.8) is 0 Å². The van der Waals surface area contributed by atoms with Crippen LogP contribution in [0.3, 0.4) is 0 Å². The van der Waals surface area contributed by atoms with Gasteiger partial charge in [0.1, 0.15) is 10.7 Å². The molecule has 0 N–H and O–H groups in total. The molecule has 0 aromatic heterocycles. The molecule has 0 bridgehead atoms. The maximum absolute atomic E-state index is 13.1. The molecule has 3 aromatic rings. The first kappa shape index (κ1) is 21.3. The third-order valence-corrected chi connectivity index (χ3v) is 8.13. The third kappa shape index (κ3) is 3.08. The number of benzene rings is 3. The first-order valence-electron chi connectivity index (χ1n) is 11.7. The molecule has 0 aliphatic carbocycles. The Morgan fingerprint density at radius 1 is 1.12 bits per heavy atom. The molecule has 34 heavy (non-hydrogen) atoms. The van der Waals surface area contributed by atoms with Gasteiger partial charge in [-0.2, -0.15) is 0 Å². The van der Waals surface area contributed by atoms with Crippen LogP contribution in [0.5, 0.6) is 5.75 Å². The fraction of sp³-hybridized carbons (Fsp3) is 0.286. The summed E-state index contributed by atoms with van der Waals surface area (Å²) in [5.74, 6) is 0.707. The van der Waals surface area contributed by atoms with Crippen LogP contribution in [0.15, 0.2) is 76.6 Å².